The molecule has 0 radical (unpaired) electrons. The first-order chi connectivity index (χ1) is 10.4. The van der Waals surface area contributed by atoms with Gasteiger partial charge < -0.3 is 5.32 Å². The second kappa shape index (κ2) is 7.42. The van der Waals surface area contributed by atoms with Crippen LogP contribution in [0.15, 0.2) is 5.16 Å². The predicted molar refractivity (Wildman–Crippen MR) is 84.5 cm³/mol. The molecule has 0 saturated carbocycles. The van der Waals surface area contributed by atoms with E-state index in [4.69, 9.17) is 0 Å². The number of carbonyl (C=O) groups excluding carboxylic acids is 1. The van der Waals surface area contributed by atoms with E-state index in [-0.39, 0.29) is 30.0 Å². The quantitative estimate of drug-likeness (QED) is 0.503. The van der Waals surface area contributed by atoms with Crippen molar-refractivity contribution < 1.29 is 13.2 Å². The molecule has 0 spiro atoms. The van der Waals surface area contributed by atoms with Gasteiger partial charge in [-0.1, -0.05) is 11.8 Å². The number of likely N-dealkylation sites (N-methyl/N-ethyl adjacent to an activating group) is 1. The minimum absolute atomic E-state index is 0.0543. The van der Waals surface area contributed by atoms with Crippen molar-refractivity contribution in [3.63, 3.8) is 0 Å². The van der Waals surface area contributed by atoms with E-state index in [1.807, 2.05) is 11.8 Å². The van der Waals surface area contributed by atoms with E-state index >= 15 is 0 Å². The maximum absolute atomic E-state index is 11.8. The lowest BCUT2D eigenvalue weighted by Gasteiger charge is -2.22. The van der Waals surface area contributed by atoms with Gasteiger partial charge in [0, 0.05) is 18.3 Å². The van der Waals surface area contributed by atoms with E-state index in [1.54, 1.807) is 7.05 Å². The predicted octanol–water partition coefficient (Wildman–Crippen LogP) is -0.560. The molecule has 0 aromatic carbocycles. The van der Waals surface area contributed by atoms with Crippen molar-refractivity contribution in [3.8, 4) is 0 Å². The monoisotopic (exact) mass is 347 g/mol. The standard InChI is InChI=1S/C12H21N5O3S2/c1-9-14-12(16-15-9)21-5-4-13-11(18)7-17(2)10-3-6-22(19,20)8-10/h10H,3-8H2,1-2H3,(H,13,18)(H,14,15,16). The molecule has 1 saturated heterocycles. The molecule has 0 bridgehead atoms. The van der Waals surface area contributed by atoms with Crippen LogP contribution in [0.1, 0.15) is 12.2 Å². The third-order valence-corrected chi connectivity index (χ3v) is 6.06. The number of hydrogen-bond acceptors (Lipinski definition) is 7. The van der Waals surface area contributed by atoms with Crippen LogP contribution in [0.3, 0.4) is 0 Å². The number of aryl methyl sites for hydroxylation is 1. The van der Waals surface area contributed by atoms with E-state index < -0.39 is 9.84 Å². The minimum Gasteiger partial charge on any atom is -0.354 e. The number of H-pyrrole nitrogens is 1. The number of carbonyl (C=O) groups is 1. The molecule has 2 N–H and O–H groups in total. The summed E-state index contributed by atoms with van der Waals surface area (Å²) in [4.78, 5) is 17.8. The van der Waals surface area contributed by atoms with Crippen LogP contribution in [0.4, 0.5) is 0 Å². The zero-order valence-electron chi connectivity index (χ0n) is 12.7. The first-order valence-corrected chi connectivity index (χ1v) is 9.85. The maximum atomic E-state index is 11.8. The normalized spacial score (nSPS) is 20.4. The molecule has 124 valence electrons. The molecule has 10 heteroatoms. The maximum Gasteiger partial charge on any atom is 0.234 e. The zero-order valence-corrected chi connectivity index (χ0v) is 14.3. The molecule has 0 aliphatic carbocycles. The van der Waals surface area contributed by atoms with Gasteiger partial charge in [0.1, 0.15) is 5.82 Å². The van der Waals surface area contributed by atoms with Gasteiger partial charge in [-0.15, -0.1) is 5.10 Å². The van der Waals surface area contributed by atoms with Crippen molar-refractivity contribution in [2.75, 3.05) is 37.4 Å². The highest BCUT2D eigenvalue weighted by molar-refractivity contribution is 7.99. The van der Waals surface area contributed by atoms with E-state index in [2.05, 4.69) is 20.5 Å². The van der Waals surface area contributed by atoms with Crippen molar-refractivity contribution in [2.24, 2.45) is 0 Å². The third kappa shape index (κ3) is 5.25. The van der Waals surface area contributed by atoms with E-state index in [0.29, 0.717) is 23.9 Å². The molecule has 1 aromatic rings. The Labute approximate surface area is 134 Å². The average Bonchev–Trinajstić information content (AvgIpc) is 3.00. The number of aromatic amines is 1. The van der Waals surface area contributed by atoms with Crippen LogP contribution in [0.2, 0.25) is 0 Å². The van der Waals surface area contributed by atoms with Gasteiger partial charge in [0.25, 0.3) is 0 Å². The third-order valence-electron chi connectivity index (χ3n) is 3.46. The van der Waals surface area contributed by atoms with Gasteiger partial charge in [-0.05, 0) is 20.4 Å². The number of nitrogens with one attached hydrogen (secondary N) is 2. The molecular weight excluding hydrogens is 326 g/mol. The first-order valence-electron chi connectivity index (χ1n) is 7.05. The van der Waals surface area contributed by atoms with E-state index in [1.165, 1.54) is 11.8 Å². The van der Waals surface area contributed by atoms with E-state index in [9.17, 15) is 13.2 Å². The number of rotatable bonds is 7. The largest absolute Gasteiger partial charge is 0.354 e. The number of sulfone groups is 1. The van der Waals surface area contributed by atoms with Gasteiger partial charge in [0.2, 0.25) is 11.1 Å². The van der Waals surface area contributed by atoms with Crippen molar-refractivity contribution in [1.82, 2.24) is 25.4 Å². The minimum atomic E-state index is -2.92. The Morgan fingerprint density at radius 3 is 2.91 bits per heavy atom. The van der Waals surface area contributed by atoms with Crippen LogP contribution in [0.25, 0.3) is 0 Å². The van der Waals surface area contributed by atoms with Crippen LogP contribution in [-0.2, 0) is 14.6 Å². The summed E-state index contributed by atoms with van der Waals surface area (Å²) in [5.74, 6) is 1.72. The van der Waals surface area contributed by atoms with Crippen LogP contribution < -0.4 is 5.32 Å². The van der Waals surface area contributed by atoms with Crippen molar-refractivity contribution in [1.29, 1.82) is 0 Å². The summed E-state index contributed by atoms with van der Waals surface area (Å²) in [5, 5.41) is 10.2. The summed E-state index contributed by atoms with van der Waals surface area (Å²) < 4.78 is 22.9. The highest BCUT2D eigenvalue weighted by atomic mass is 32.2. The van der Waals surface area contributed by atoms with Crippen molar-refractivity contribution in [2.45, 2.75) is 24.5 Å². The second-order valence-electron chi connectivity index (χ2n) is 5.37. The summed E-state index contributed by atoms with van der Waals surface area (Å²) in [6.07, 6.45) is 0.603. The Morgan fingerprint density at radius 1 is 1.55 bits per heavy atom. The summed E-state index contributed by atoms with van der Waals surface area (Å²) in [6.45, 7) is 2.57. The highest BCUT2D eigenvalue weighted by Gasteiger charge is 2.31. The second-order valence-corrected chi connectivity index (χ2v) is 8.66. The number of thioether (sulfide) groups is 1. The number of nitrogens with zero attached hydrogens (tertiary/aromatic N) is 3. The fourth-order valence-electron chi connectivity index (χ4n) is 2.25. The summed E-state index contributed by atoms with van der Waals surface area (Å²) in [5.41, 5.74) is 0. The smallest absolute Gasteiger partial charge is 0.234 e. The number of aromatic nitrogens is 3. The lowest BCUT2D eigenvalue weighted by atomic mass is 10.2. The Kier molecular flexibility index (Phi) is 5.81. The molecule has 1 amide bonds. The van der Waals surface area contributed by atoms with Crippen molar-refractivity contribution >= 4 is 27.5 Å². The van der Waals surface area contributed by atoms with Crippen LogP contribution in [0, 0.1) is 6.92 Å². The number of amides is 1. The number of hydrogen-bond donors (Lipinski definition) is 2. The summed E-state index contributed by atoms with van der Waals surface area (Å²) in [7, 11) is -1.13. The SMILES string of the molecule is Cc1nc(SCCNC(=O)CN(C)C2CCS(=O)(=O)C2)n[nH]1. The van der Waals surface area contributed by atoms with Gasteiger partial charge in [-0.3, -0.25) is 14.8 Å². The first kappa shape index (κ1) is 17.2. The molecule has 2 rings (SSSR count). The molecule has 8 nitrogen and oxygen atoms in total. The Bertz CT molecular complexity index is 616. The molecule has 1 aliphatic rings. The Balaban J connectivity index is 1.63. The Hall–Kier alpha value is -1.13. The molecule has 2 heterocycles. The molecule has 1 fully saturated rings. The fraction of sp³-hybridized carbons (Fsp3) is 0.750. The molecule has 1 atom stereocenters. The van der Waals surface area contributed by atoms with E-state index in [0.717, 1.165) is 5.82 Å². The van der Waals surface area contributed by atoms with Crippen LogP contribution in [0.5, 0.6) is 0 Å². The molecular formula is C12H21N5O3S2. The zero-order chi connectivity index (χ0) is 16.2. The van der Waals surface area contributed by atoms with Crippen molar-refractivity contribution in [3.05, 3.63) is 5.82 Å². The topological polar surface area (TPSA) is 108 Å². The lowest BCUT2D eigenvalue weighted by Crippen LogP contribution is -2.41. The Morgan fingerprint density at radius 2 is 2.32 bits per heavy atom. The molecule has 1 unspecified atom stereocenters. The van der Waals surface area contributed by atoms with Gasteiger partial charge in [0.15, 0.2) is 9.84 Å². The summed E-state index contributed by atoms with van der Waals surface area (Å²) in [6, 6.07) is -0.0543. The average molecular weight is 347 g/mol. The summed E-state index contributed by atoms with van der Waals surface area (Å²) >= 11 is 1.47. The lowest BCUT2D eigenvalue weighted by molar-refractivity contribution is -0.122. The molecule has 22 heavy (non-hydrogen) atoms. The van der Waals surface area contributed by atoms with Gasteiger partial charge in [0.05, 0.1) is 18.1 Å². The van der Waals surface area contributed by atoms with Crippen LogP contribution >= 0.6 is 11.8 Å². The highest BCUT2D eigenvalue weighted by Crippen LogP contribution is 2.16. The van der Waals surface area contributed by atoms with Gasteiger partial charge >= 0.3 is 0 Å². The van der Waals surface area contributed by atoms with Crippen LogP contribution in [-0.4, -0.2) is 77.8 Å². The fourth-order valence-corrected chi connectivity index (χ4v) is 4.76. The van der Waals surface area contributed by atoms with Gasteiger partial charge in [-0.2, -0.15) is 0 Å². The van der Waals surface area contributed by atoms with Gasteiger partial charge in [-0.25, -0.2) is 13.4 Å². The molecule has 1 aliphatic heterocycles. The molecule has 1 aromatic heterocycles.